The van der Waals surface area contributed by atoms with Crippen LogP contribution in [-0.2, 0) is 16.1 Å². The topological polar surface area (TPSA) is 86.5 Å². The molecule has 1 aliphatic heterocycles. The summed E-state index contributed by atoms with van der Waals surface area (Å²) in [4.78, 5) is 11.7. The van der Waals surface area contributed by atoms with Gasteiger partial charge in [-0.1, -0.05) is 5.21 Å². The Kier molecular flexibility index (Phi) is 4.68. The number of carbonyl (C=O) groups excluding carboxylic acids is 1. The summed E-state index contributed by atoms with van der Waals surface area (Å²) in [6.07, 6.45) is 1.74. The van der Waals surface area contributed by atoms with Crippen molar-refractivity contribution >= 4 is 5.97 Å². The first-order valence-corrected chi connectivity index (χ1v) is 7.69. The summed E-state index contributed by atoms with van der Waals surface area (Å²) < 4.78 is 12.3. The summed E-state index contributed by atoms with van der Waals surface area (Å²) in [5, 5.41) is 17.6. The van der Waals surface area contributed by atoms with Crippen LogP contribution in [0.1, 0.15) is 47.6 Å². The number of nitrogens with zero attached hydrogens (tertiary/aromatic N) is 3. The van der Waals surface area contributed by atoms with Crippen molar-refractivity contribution in [1.82, 2.24) is 15.0 Å². The van der Waals surface area contributed by atoms with Crippen LogP contribution < -0.4 is 0 Å². The summed E-state index contributed by atoms with van der Waals surface area (Å²) >= 11 is 0. The third kappa shape index (κ3) is 3.11. The number of ether oxygens (including phenoxy) is 2. The number of aliphatic hydroxyl groups is 1. The molecule has 2 aromatic rings. The van der Waals surface area contributed by atoms with Crippen molar-refractivity contribution in [3.63, 3.8) is 0 Å². The predicted molar refractivity (Wildman–Crippen MR) is 81.2 cm³/mol. The van der Waals surface area contributed by atoms with E-state index in [2.05, 4.69) is 10.3 Å². The minimum atomic E-state index is -0.354. The zero-order valence-corrected chi connectivity index (χ0v) is 12.9. The molecule has 1 unspecified atom stereocenters. The molecule has 2 heterocycles. The van der Waals surface area contributed by atoms with E-state index in [1.165, 1.54) is 0 Å². The van der Waals surface area contributed by atoms with Crippen LogP contribution in [0.4, 0.5) is 0 Å². The van der Waals surface area contributed by atoms with E-state index in [1.807, 2.05) is 0 Å². The van der Waals surface area contributed by atoms with Gasteiger partial charge in [-0.3, -0.25) is 0 Å². The number of aliphatic hydroxyl groups excluding tert-OH is 1. The lowest BCUT2D eigenvalue weighted by atomic mass is 10.1. The monoisotopic (exact) mass is 317 g/mol. The lowest BCUT2D eigenvalue weighted by Gasteiger charge is -2.13. The molecule has 23 heavy (non-hydrogen) atoms. The molecule has 1 atom stereocenters. The number of carbonyl (C=O) groups is 1. The molecule has 0 spiro atoms. The molecule has 1 saturated heterocycles. The number of hydrogen-bond donors (Lipinski definition) is 1. The van der Waals surface area contributed by atoms with E-state index in [4.69, 9.17) is 9.47 Å². The van der Waals surface area contributed by atoms with Crippen molar-refractivity contribution < 1.29 is 19.4 Å². The van der Waals surface area contributed by atoms with E-state index in [0.29, 0.717) is 24.5 Å². The molecule has 1 N–H and O–H groups in total. The zero-order chi connectivity index (χ0) is 16.2. The number of rotatable bonds is 5. The summed E-state index contributed by atoms with van der Waals surface area (Å²) in [5.74, 6) is -0.354. The lowest BCUT2D eigenvalue weighted by Crippen LogP contribution is -2.10. The first kappa shape index (κ1) is 15.6. The lowest BCUT2D eigenvalue weighted by molar-refractivity contribution is 0.0526. The smallest absolute Gasteiger partial charge is 0.338 e. The van der Waals surface area contributed by atoms with Crippen LogP contribution in [0.3, 0.4) is 0 Å². The molecule has 0 aliphatic carbocycles. The van der Waals surface area contributed by atoms with E-state index in [0.717, 1.165) is 24.2 Å². The Morgan fingerprint density at radius 2 is 2.22 bits per heavy atom. The van der Waals surface area contributed by atoms with Crippen LogP contribution >= 0.6 is 0 Å². The van der Waals surface area contributed by atoms with Gasteiger partial charge in [0.2, 0.25) is 0 Å². The molecule has 0 saturated carbocycles. The Balaban J connectivity index is 1.92. The largest absolute Gasteiger partial charge is 0.462 e. The highest BCUT2D eigenvalue weighted by Gasteiger charge is 2.26. The molecule has 122 valence electrons. The number of esters is 1. The Morgan fingerprint density at radius 3 is 2.83 bits per heavy atom. The maximum atomic E-state index is 11.7. The molecular weight excluding hydrogens is 298 g/mol. The van der Waals surface area contributed by atoms with Crippen LogP contribution in [0.15, 0.2) is 24.3 Å². The van der Waals surface area contributed by atoms with Crippen LogP contribution in [0.2, 0.25) is 0 Å². The van der Waals surface area contributed by atoms with Gasteiger partial charge in [0, 0.05) is 6.61 Å². The SMILES string of the molecule is CCOC(=O)c1ccc(-n2nnc(CO)c2C2CCCO2)cc1. The molecular formula is C16H19N3O4. The molecule has 1 fully saturated rings. The summed E-state index contributed by atoms with van der Waals surface area (Å²) in [7, 11) is 0. The van der Waals surface area contributed by atoms with Gasteiger partial charge in [-0.2, -0.15) is 0 Å². The first-order valence-electron chi connectivity index (χ1n) is 7.69. The van der Waals surface area contributed by atoms with Gasteiger partial charge in [0.05, 0.1) is 30.2 Å². The Labute approximate surface area is 133 Å². The fourth-order valence-electron chi connectivity index (χ4n) is 2.69. The van der Waals surface area contributed by atoms with E-state index in [-0.39, 0.29) is 18.7 Å². The fraction of sp³-hybridized carbons (Fsp3) is 0.438. The van der Waals surface area contributed by atoms with Gasteiger partial charge in [0.15, 0.2) is 0 Å². The van der Waals surface area contributed by atoms with Crippen LogP contribution in [-0.4, -0.2) is 39.3 Å². The maximum absolute atomic E-state index is 11.7. The second-order valence-electron chi connectivity index (χ2n) is 5.26. The maximum Gasteiger partial charge on any atom is 0.338 e. The van der Waals surface area contributed by atoms with Crippen molar-refractivity contribution in [2.75, 3.05) is 13.2 Å². The van der Waals surface area contributed by atoms with Gasteiger partial charge >= 0.3 is 5.97 Å². The molecule has 0 bridgehead atoms. The van der Waals surface area contributed by atoms with Gasteiger partial charge < -0.3 is 14.6 Å². The number of benzene rings is 1. The second kappa shape index (κ2) is 6.89. The van der Waals surface area contributed by atoms with Gasteiger partial charge in [-0.15, -0.1) is 5.10 Å². The van der Waals surface area contributed by atoms with E-state index in [9.17, 15) is 9.90 Å². The molecule has 7 nitrogen and oxygen atoms in total. The van der Waals surface area contributed by atoms with Crippen molar-refractivity contribution in [3.8, 4) is 5.69 Å². The second-order valence-corrected chi connectivity index (χ2v) is 5.26. The molecule has 1 aliphatic rings. The molecule has 3 rings (SSSR count). The van der Waals surface area contributed by atoms with Crippen molar-refractivity contribution in [3.05, 3.63) is 41.2 Å². The summed E-state index contributed by atoms with van der Waals surface area (Å²) in [6.45, 7) is 2.62. The summed E-state index contributed by atoms with van der Waals surface area (Å²) in [5.41, 5.74) is 2.53. The Hall–Kier alpha value is -2.25. The first-order chi connectivity index (χ1) is 11.2. The van der Waals surface area contributed by atoms with Crippen molar-refractivity contribution in [1.29, 1.82) is 0 Å². The predicted octanol–water partition coefficient (Wildman–Crippen LogP) is 1.79. The van der Waals surface area contributed by atoms with Gasteiger partial charge in [0.25, 0.3) is 0 Å². The average Bonchev–Trinajstić information content (AvgIpc) is 3.24. The van der Waals surface area contributed by atoms with Crippen molar-refractivity contribution in [2.45, 2.75) is 32.5 Å². The quantitative estimate of drug-likeness (QED) is 0.846. The average molecular weight is 317 g/mol. The van der Waals surface area contributed by atoms with Crippen molar-refractivity contribution in [2.24, 2.45) is 0 Å². The zero-order valence-electron chi connectivity index (χ0n) is 12.9. The fourth-order valence-corrected chi connectivity index (χ4v) is 2.69. The minimum Gasteiger partial charge on any atom is -0.462 e. The Morgan fingerprint density at radius 1 is 1.43 bits per heavy atom. The number of hydrogen-bond acceptors (Lipinski definition) is 6. The molecule has 0 radical (unpaired) electrons. The van der Waals surface area contributed by atoms with Gasteiger partial charge in [0.1, 0.15) is 11.8 Å². The van der Waals surface area contributed by atoms with E-state index >= 15 is 0 Å². The van der Waals surface area contributed by atoms with Gasteiger partial charge in [-0.25, -0.2) is 9.48 Å². The molecule has 0 amide bonds. The van der Waals surface area contributed by atoms with Crippen LogP contribution in [0, 0.1) is 0 Å². The van der Waals surface area contributed by atoms with Gasteiger partial charge in [-0.05, 0) is 44.0 Å². The minimum absolute atomic E-state index is 0.114. The van der Waals surface area contributed by atoms with Crippen LogP contribution in [0.5, 0.6) is 0 Å². The standard InChI is InChI=1S/C16H19N3O4/c1-2-22-16(21)11-5-7-12(8-6-11)19-15(13(10-20)17-18-19)14-4-3-9-23-14/h5-8,14,20H,2-4,9-10H2,1H3. The molecule has 1 aromatic carbocycles. The number of aromatic nitrogens is 3. The van der Waals surface area contributed by atoms with Crippen LogP contribution in [0.25, 0.3) is 5.69 Å². The highest BCUT2D eigenvalue weighted by atomic mass is 16.5. The highest BCUT2D eigenvalue weighted by Crippen LogP contribution is 2.31. The summed E-state index contributed by atoms with van der Waals surface area (Å²) in [6, 6.07) is 6.93. The van der Waals surface area contributed by atoms with E-state index < -0.39 is 0 Å². The molecule has 7 heteroatoms. The highest BCUT2D eigenvalue weighted by molar-refractivity contribution is 5.89. The molecule has 1 aromatic heterocycles. The third-order valence-electron chi connectivity index (χ3n) is 3.79. The Bertz CT molecular complexity index is 675. The third-order valence-corrected chi connectivity index (χ3v) is 3.79. The van der Waals surface area contributed by atoms with E-state index in [1.54, 1.807) is 35.9 Å². The normalized spacial score (nSPS) is 17.4.